The van der Waals surface area contributed by atoms with Crippen LogP contribution in [0.15, 0.2) is 42.5 Å². The van der Waals surface area contributed by atoms with E-state index in [9.17, 15) is 18.8 Å². The Balaban J connectivity index is 1.67. The number of anilines is 1. The van der Waals surface area contributed by atoms with Crippen LogP contribution in [0.2, 0.25) is 5.02 Å². The highest BCUT2D eigenvalue weighted by Crippen LogP contribution is 2.22. The first kappa shape index (κ1) is 19.8. The van der Waals surface area contributed by atoms with E-state index in [4.69, 9.17) is 17.3 Å². The Morgan fingerprint density at radius 3 is 2.54 bits per heavy atom. The number of amides is 3. The molecule has 0 radical (unpaired) electrons. The summed E-state index contributed by atoms with van der Waals surface area (Å²) < 4.78 is 13.6. The van der Waals surface area contributed by atoms with Gasteiger partial charge in [0.25, 0.3) is 11.8 Å². The topological polar surface area (TPSA) is 92.5 Å². The molecule has 0 aliphatic carbocycles. The Labute approximate surface area is 166 Å². The number of nitrogens with two attached hydrogens (primary N) is 1. The lowest BCUT2D eigenvalue weighted by Gasteiger charge is -2.32. The van der Waals surface area contributed by atoms with Crippen molar-refractivity contribution in [2.75, 3.05) is 18.4 Å². The van der Waals surface area contributed by atoms with Crippen molar-refractivity contribution < 1.29 is 18.8 Å². The maximum Gasteiger partial charge on any atom is 0.253 e. The van der Waals surface area contributed by atoms with Crippen LogP contribution in [0.25, 0.3) is 0 Å². The number of hydrogen-bond donors (Lipinski definition) is 2. The van der Waals surface area contributed by atoms with Gasteiger partial charge in [0.1, 0.15) is 5.82 Å². The van der Waals surface area contributed by atoms with Crippen molar-refractivity contribution in [1.29, 1.82) is 0 Å². The van der Waals surface area contributed by atoms with Gasteiger partial charge < -0.3 is 16.0 Å². The first-order valence-corrected chi connectivity index (χ1v) is 9.18. The van der Waals surface area contributed by atoms with E-state index in [1.165, 1.54) is 12.1 Å². The lowest BCUT2D eigenvalue weighted by Crippen LogP contribution is -2.43. The highest BCUT2D eigenvalue weighted by atomic mass is 35.5. The molecule has 3 rings (SSSR count). The number of nitrogens with one attached hydrogen (secondary N) is 1. The van der Waals surface area contributed by atoms with E-state index < -0.39 is 17.6 Å². The van der Waals surface area contributed by atoms with E-state index >= 15 is 0 Å². The maximum absolute atomic E-state index is 13.6. The summed E-state index contributed by atoms with van der Waals surface area (Å²) in [5.41, 5.74) is 5.63. The van der Waals surface area contributed by atoms with Crippen LogP contribution in [0.1, 0.15) is 33.6 Å². The predicted molar refractivity (Wildman–Crippen MR) is 104 cm³/mol. The third kappa shape index (κ3) is 4.48. The fourth-order valence-corrected chi connectivity index (χ4v) is 3.31. The van der Waals surface area contributed by atoms with Gasteiger partial charge in [-0.1, -0.05) is 11.6 Å². The van der Waals surface area contributed by atoms with Gasteiger partial charge in [-0.05, 0) is 55.3 Å². The summed E-state index contributed by atoms with van der Waals surface area (Å²) in [6.07, 6.45) is 1.31. The molecule has 1 aliphatic heterocycles. The molecular formula is C20H19ClFN3O3. The molecule has 1 heterocycles. The summed E-state index contributed by atoms with van der Waals surface area (Å²) in [5.74, 6) is -2.52. The van der Waals surface area contributed by atoms with Crippen LogP contribution in [0.4, 0.5) is 10.1 Å². The molecule has 1 unspecified atom stereocenters. The molecule has 2 aromatic rings. The van der Waals surface area contributed by atoms with E-state index in [1.54, 1.807) is 29.2 Å². The van der Waals surface area contributed by atoms with Gasteiger partial charge in [-0.3, -0.25) is 14.4 Å². The minimum absolute atomic E-state index is 0.160. The summed E-state index contributed by atoms with van der Waals surface area (Å²) in [5, 5.41) is 3.22. The van der Waals surface area contributed by atoms with Crippen LogP contribution in [-0.2, 0) is 4.79 Å². The van der Waals surface area contributed by atoms with Crippen molar-refractivity contribution in [3.05, 3.63) is 64.4 Å². The molecule has 0 aromatic heterocycles. The number of nitrogens with zero attached hydrogens (tertiary/aromatic N) is 1. The fourth-order valence-electron chi connectivity index (χ4n) is 3.19. The van der Waals surface area contributed by atoms with Gasteiger partial charge in [0.05, 0.1) is 11.5 Å². The van der Waals surface area contributed by atoms with Crippen molar-refractivity contribution in [1.82, 2.24) is 4.90 Å². The van der Waals surface area contributed by atoms with Crippen LogP contribution >= 0.6 is 11.6 Å². The first-order chi connectivity index (χ1) is 13.3. The second kappa shape index (κ2) is 8.39. The van der Waals surface area contributed by atoms with Crippen molar-refractivity contribution in [2.45, 2.75) is 12.8 Å². The Morgan fingerprint density at radius 2 is 1.86 bits per heavy atom. The Hall–Kier alpha value is -2.93. The summed E-state index contributed by atoms with van der Waals surface area (Å²) in [6.45, 7) is 0.838. The number of primary amides is 1. The van der Waals surface area contributed by atoms with Gasteiger partial charge in [0.2, 0.25) is 5.91 Å². The molecule has 6 nitrogen and oxygen atoms in total. The van der Waals surface area contributed by atoms with Crippen molar-refractivity contribution >= 4 is 35.0 Å². The molecule has 1 saturated heterocycles. The quantitative estimate of drug-likeness (QED) is 0.821. The number of piperidine rings is 1. The molecule has 8 heteroatoms. The van der Waals surface area contributed by atoms with Crippen LogP contribution in [0, 0.1) is 11.7 Å². The lowest BCUT2D eigenvalue weighted by atomic mass is 9.96. The largest absolute Gasteiger partial charge is 0.366 e. The maximum atomic E-state index is 13.6. The zero-order valence-electron chi connectivity index (χ0n) is 15.0. The summed E-state index contributed by atoms with van der Waals surface area (Å²) >= 11 is 5.85. The Morgan fingerprint density at radius 1 is 1.14 bits per heavy atom. The van der Waals surface area contributed by atoms with Gasteiger partial charge in [0.15, 0.2) is 0 Å². The number of halogens is 2. The predicted octanol–water partition coefficient (Wildman–Crippen LogP) is 3.07. The van der Waals surface area contributed by atoms with E-state index in [-0.39, 0.29) is 29.6 Å². The first-order valence-electron chi connectivity index (χ1n) is 8.80. The third-order valence-corrected chi connectivity index (χ3v) is 4.92. The Bertz CT molecular complexity index is 917. The van der Waals surface area contributed by atoms with Crippen LogP contribution < -0.4 is 11.1 Å². The fraction of sp³-hybridized carbons (Fsp3) is 0.250. The number of carbonyl (C=O) groups is 3. The minimum atomic E-state index is -0.911. The standard InChI is InChI=1S/C20H19ClFN3O3/c21-14-5-3-12(4-6-14)20(28)25-9-1-2-13(11-25)19(27)24-15-7-8-17(22)16(10-15)18(23)26/h3-8,10,13H,1-2,9,11H2,(H2,23,26)(H,24,27). The molecular weight excluding hydrogens is 385 g/mol. The normalized spacial score (nSPS) is 16.5. The minimum Gasteiger partial charge on any atom is -0.366 e. The molecule has 28 heavy (non-hydrogen) atoms. The Kier molecular flexibility index (Phi) is 5.94. The van der Waals surface area contributed by atoms with Crippen molar-refractivity contribution in [2.24, 2.45) is 11.7 Å². The number of hydrogen-bond acceptors (Lipinski definition) is 3. The molecule has 0 spiro atoms. The molecule has 1 fully saturated rings. The molecule has 0 saturated carbocycles. The SMILES string of the molecule is NC(=O)c1cc(NC(=O)C2CCCN(C(=O)c3ccc(Cl)cc3)C2)ccc1F. The van der Waals surface area contributed by atoms with Crippen LogP contribution in [0.3, 0.4) is 0 Å². The highest BCUT2D eigenvalue weighted by Gasteiger charge is 2.29. The summed E-state index contributed by atoms with van der Waals surface area (Å²) in [6, 6.07) is 10.2. The van der Waals surface area contributed by atoms with E-state index in [2.05, 4.69) is 5.32 Å². The number of likely N-dealkylation sites (tertiary alicyclic amines) is 1. The monoisotopic (exact) mass is 403 g/mol. The molecule has 3 amide bonds. The van der Waals surface area contributed by atoms with Crippen LogP contribution in [0.5, 0.6) is 0 Å². The number of carbonyl (C=O) groups excluding carboxylic acids is 3. The third-order valence-electron chi connectivity index (χ3n) is 4.67. The van der Waals surface area contributed by atoms with Gasteiger partial charge in [-0.15, -0.1) is 0 Å². The highest BCUT2D eigenvalue weighted by molar-refractivity contribution is 6.30. The molecule has 1 atom stereocenters. The molecule has 0 bridgehead atoms. The summed E-state index contributed by atoms with van der Waals surface area (Å²) in [7, 11) is 0. The zero-order valence-corrected chi connectivity index (χ0v) is 15.7. The van der Waals surface area contributed by atoms with E-state index in [0.717, 1.165) is 6.07 Å². The number of benzene rings is 2. The molecule has 1 aliphatic rings. The van der Waals surface area contributed by atoms with Crippen molar-refractivity contribution in [3.8, 4) is 0 Å². The second-order valence-electron chi connectivity index (χ2n) is 6.65. The van der Waals surface area contributed by atoms with E-state index in [0.29, 0.717) is 30.0 Å². The lowest BCUT2D eigenvalue weighted by molar-refractivity contribution is -0.121. The van der Waals surface area contributed by atoms with Crippen LogP contribution in [-0.4, -0.2) is 35.7 Å². The summed E-state index contributed by atoms with van der Waals surface area (Å²) in [4.78, 5) is 38.1. The average Bonchev–Trinajstić information content (AvgIpc) is 2.69. The van der Waals surface area contributed by atoms with Gasteiger partial charge in [-0.2, -0.15) is 0 Å². The molecule has 3 N–H and O–H groups in total. The van der Waals surface area contributed by atoms with Gasteiger partial charge in [0, 0.05) is 29.4 Å². The van der Waals surface area contributed by atoms with Gasteiger partial charge in [-0.25, -0.2) is 4.39 Å². The molecule has 2 aromatic carbocycles. The number of rotatable bonds is 4. The smallest absolute Gasteiger partial charge is 0.253 e. The van der Waals surface area contributed by atoms with Crippen molar-refractivity contribution in [3.63, 3.8) is 0 Å². The average molecular weight is 404 g/mol. The zero-order chi connectivity index (χ0) is 20.3. The molecule has 146 valence electrons. The van der Waals surface area contributed by atoms with Gasteiger partial charge >= 0.3 is 0 Å². The second-order valence-corrected chi connectivity index (χ2v) is 7.08. The van der Waals surface area contributed by atoms with E-state index in [1.807, 2.05) is 0 Å².